The van der Waals surface area contributed by atoms with Crippen molar-refractivity contribution in [1.82, 2.24) is 5.32 Å². The van der Waals surface area contributed by atoms with Gasteiger partial charge in [0.15, 0.2) is 0 Å². The van der Waals surface area contributed by atoms with Crippen LogP contribution in [0.4, 0.5) is 0 Å². The molecule has 2 rings (SSSR count). The number of hydrogen-bond acceptors (Lipinski definition) is 2. The molecule has 0 bridgehead atoms. The predicted octanol–water partition coefficient (Wildman–Crippen LogP) is 1.06. The molecule has 0 aromatic carbocycles. The number of carbonyl (C=O) groups is 1. The van der Waals surface area contributed by atoms with Gasteiger partial charge in [0.2, 0.25) is 0 Å². The molecule has 12 heavy (non-hydrogen) atoms. The topological polar surface area (TPSA) is 29.1 Å². The van der Waals surface area contributed by atoms with E-state index in [0.29, 0.717) is 5.54 Å². The molecule has 1 saturated carbocycles. The van der Waals surface area contributed by atoms with E-state index in [1.807, 2.05) is 0 Å². The minimum atomic E-state index is 0. The summed E-state index contributed by atoms with van der Waals surface area (Å²) in [6, 6.07) is 0. The number of Topliss-reactive ketones (excluding diaryl/α,β-unsaturated/α-hetero) is 1. The Kier molecular flexibility index (Phi) is 3.00. The number of ketones is 1. The summed E-state index contributed by atoms with van der Waals surface area (Å²) in [6.45, 7) is 2.52. The average Bonchev–Trinajstić information content (AvgIpc) is 2.28. The first-order valence-corrected chi connectivity index (χ1v) is 4.33. The van der Waals surface area contributed by atoms with Gasteiger partial charge in [0.1, 0.15) is 0 Å². The van der Waals surface area contributed by atoms with Gasteiger partial charge in [-0.1, -0.05) is 0 Å². The van der Waals surface area contributed by atoms with E-state index < -0.39 is 0 Å². The molecule has 0 aromatic rings. The largest absolute Gasteiger partial charge is 0.340 e. The van der Waals surface area contributed by atoms with Crippen LogP contribution < -0.4 is 5.32 Å². The summed E-state index contributed by atoms with van der Waals surface area (Å²) in [4.78, 5) is 11.0. The van der Waals surface area contributed by atoms with Gasteiger partial charge < -0.3 is 10.1 Å². The van der Waals surface area contributed by atoms with Crippen molar-refractivity contribution in [3.63, 3.8) is 0 Å². The van der Waals surface area contributed by atoms with E-state index in [1.54, 1.807) is 6.92 Å². The molecular formula is C9H14NOW-. The first kappa shape index (κ1) is 10.3. The predicted molar refractivity (Wildman–Crippen MR) is 43.1 cm³/mol. The fourth-order valence-corrected chi connectivity index (χ4v) is 2.03. The third-order valence-electron chi connectivity index (χ3n) is 3.04. The van der Waals surface area contributed by atoms with Crippen LogP contribution in [0.1, 0.15) is 32.6 Å². The Balaban J connectivity index is 0.000000720. The van der Waals surface area contributed by atoms with Gasteiger partial charge >= 0.3 is 0 Å². The fourth-order valence-electron chi connectivity index (χ4n) is 2.03. The van der Waals surface area contributed by atoms with Gasteiger partial charge in [-0.3, -0.25) is 5.92 Å². The van der Waals surface area contributed by atoms with Crippen molar-refractivity contribution in [2.75, 3.05) is 6.54 Å². The molecule has 0 unspecified atom stereocenters. The molecule has 1 saturated heterocycles. The van der Waals surface area contributed by atoms with Crippen LogP contribution in [-0.4, -0.2) is 17.9 Å². The van der Waals surface area contributed by atoms with Gasteiger partial charge in [-0.2, -0.15) is 0 Å². The maximum atomic E-state index is 11.0. The molecule has 2 fully saturated rings. The monoisotopic (exact) mass is 336 g/mol. The Morgan fingerprint density at radius 3 is 2.42 bits per heavy atom. The van der Waals surface area contributed by atoms with Gasteiger partial charge in [-0.25, -0.2) is 0 Å². The second-order valence-corrected chi connectivity index (χ2v) is 3.82. The van der Waals surface area contributed by atoms with Crippen molar-refractivity contribution in [2.24, 2.45) is 0 Å². The van der Waals surface area contributed by atoms with Crippen LogP contribution in [0.2, 0.25) is 0 Å². The maximum Gasteiger partial charge on any atom is 0 e. The quantitative estimate of drug-likeness (QED) is 0.726. The number of hydrogen-bond donors (Lipinski definition) is 1. The molecule has 0 radical (unpaired) electrons. The Hall–Kier alpha value is 0.188. The average molecular weight is 336 g/mol. The van der Waals surface area contributed by atoms with Gasteiger partial charge in [0.25, 0.3) is 0 Å². The van der Waals surface area contributed by atoms with E-state index >= 15 is 0 Å². The minimum absolute atomic E-state index is 0. The number of carbonyl (C=O) groups excluding carboxylic acids is 1. The zero-order chi connectivity index (χ0) is 7.90. The summed E-state index contributed by atoms with van der Waals surface area (Å²) in [5, 5.41) is 3.44. The first-order valence-electron chi connectivity index (χ1n) is 4.33. The van der Waals surface area contributed by atoms with Gasteiger partial charge in [0, 0.05) is 21.1 Å². The summed E-state index contributed by atoms with van der Waals surface area (Å²) in [5.41, 5.74) is 0.362. The second-order valence-electron chi connectivity index (χ2n) is 3.82. The van der Waals surface area contributed by atoms with E-state index in [0.717, 1.165) is 18.9 Å². The normalized spacial score (nSPS) is 24.9. The molecule has 0 amide bonds. The van der Waals surface area contributed by atoms with Crippen molar-refractivity contribution < 1.29 is 25.9 Å². The van der Waals surface area contributed by atoms with Gasteiger partial charge in [0.05, 0.1) is 0 Å². The number of rotatable bonds is 1. The Morgan fingerprint density at radius 2 is 2.17 bits per heavy atom. The van der Waals surface area contributed by atoms with Crippen LogP contribution >= 0.6 is 0 Å². The summed E-state index contributed by atoms with van der Waals surface area (Å²) in [5.74, 6) is 1.38. The molecule has 0 atom stereocenters. The zero-order valence-electron chi connectivity index (χ0n) is 7.35. The van der Waals surface area contributed by atoms with E-state index in [1.165, 1.54) is 19.3 Å². The molecule has 1 spiro atoms. The van der Waals surface area contributed by atoms with Crippen LogP contribution in [0.15, 0.2) is 0 Å². The maximum absolute atomic E-state index is 11.0. The Morgan fingerprint density at radius 1 is 1.50 bits per heavy atom. The Labute approximate surface area is 87.7 Å². The molecule has 1 aliphatic heterocycles. The van der Waals surface area contributed by atoms with Gasteiger partial charge in [-0.05, 0) is 37.5 Å². The summed E-state index contributed by atoms with van der Waals surface area (Å²) < 4.78 is 0. The molecule has 3 heteroatoms. The van der Waals surface area contributed by atoms with Crippen molar-refractivity contribution >= 4 is 5.78 Å². The van der Waals surface area contributed by atoms with E-state index in [-0.39, 0.29) is 26.8 Å². The fraction of sp³-hybridized carbons (Fsp3) is 0.778. The summed E-state index contributed by atoms with van der Waals surface area (Å²) in [6.07, 6.45) is 4.88. The molecule has 2 nitrogen and oxygen atoms in total. The summed E-state index contributed by atoms with van der Waals surface area (Å²) >= 11 is 0. The van der Waals surface area contributed by atoms with Crippen LogP contribution in [-0.2, 0) is 25.9 Å². The molecule has 1 heterocycles. The van der Waals surface area contributed by atoms with Crippen LogP contribution in [0.3, 0.4) is 0 Å². The Bertz CT molecular complexity index is 189. The molecule has 0 aromatic heterocycles. The van der Waals surface area contributed by atoms with Crippen molar-refractivity contribution in [3.8, 4) is 0 Å². The molecular weight excluding hydrogens is 322 g/mol. The van der Waals surface area contributed by atoms with Gasteiger partial charge in [-0.15, -0.1) is 13.0 Å². The van der Waals surface area contributed by atoms with Crippen LogP contribution in [0, 0.1) is 5.92 Å². The van der Waals surface area contributed by atoms with Crippen LogP contribution in [0.25, 0.3) is 0 Å². The van der Waals surface area contributed by atoms with Crippen LogP contribution in [0.5, 0.6) is 0 Å². The molecule has 2 aliphatic rings. The smallest absolute Gasteiger partial charge is 0 e. The van der Waals surface area contributed by atoms with E-state index in [2.05, 4.69) is 5.32 Å². The third kappa shape index (κ3) is 1.60. The third-order valence-corrected chi connectivity index (χ3v) is 3.04. The second kappa shape index (κ2) is 3.51. The molecule has 1 N–H and O–H groups in total. The van der Waals surface area contributed by atoms with E-state index in [4.69, 9.17) is 0 Å². The van der Waals surface area contributed by atoms with Crippen molar-refractivity contribution in [3.05, 3.63) is 5.92 Å². The minimum Gasteiger partial charge on any atom is -0.340 e. The van der Waals surface area contributed by atoms with Crippen molar-refractivity contribution in [1.29, 1.82) is 0 Å². The SMILES string of the molecule is CC(=O)[C-]1CNC2(CCC2)C1.[W]. The standard InChI is InChI=1S/C9H14NO.W/c1-7(11)8-5-9(10-6-8)3-2-4-9;/h10H,2-6H2,1H3;/q-1;. The molecule has 68 valence electrons. The first-order chi connectivity index (χ1) is 5.22. The number of nitrogens with one attached hydrogen (secondary N) is 1. The summed E-state index contributed by atoms with van der Waals surface area (Å²) in [7, 11) is 0. The van der Waals surface area contributed by atoms with E-state index in [9.17, 15) is 4.79 Å². The zero-order valence-corrected chi connectivity index (χ0v) is 10.3. The van der Waals surface area contributed by atoms with Crippen molar-refractivity contribution in [2.45, 2.75) is 38.1 Å². The molecule has 1 aliphatic carbocycles.